The SMILES string of the molecule is CCS(=O)(=O)CCNc1ccc(C(N)=S)c(F)c1. The highest BCUT2D eigenvalue weighted by Crippen LogP contribution is 2.14. The van der Waals surface area contributed by atoms with Crippen LogP contribution in [0, 0.1) is 5.82 Å². The summed E-state index contributed by atoms with van der Waals surface area (Å²) in [7, 11) is -3.02. The quantitative estimate of drug-likeness (QED) is 0.773. The van der Waals surface area contributed by atoms with Crippen LogP contribution in [0.3, 0.4) is 0 Å². The van der Waals surface area contributed by atoms with Gasteiger partial charge in [-0.25, -0.2) is 12.8 Å². The van der Waals surface area contributed by atoms with E-state index < -0.39 is 15.7 Å². The fraction of sp³-hybridized carbons (Fsp3) is 0.364. The Morgan fingerprint density at radius 3 is 2.67 bits per heavy atom. The smallest absolute Gasteiger partial charge is 0.151 e. The minimum absolute atomic E-state index is 0.00684. The number of thiocarbonyl (C=S) groups is 1. The Balaban J connectivity index is 2.65. The molecule has 0 spiro atoms. The number of hydrogen-bond acceptors (Lipinski definition) is 4. The van der Waals surface area contributed by atoms with Gasteiger partial charge in [0.05, 0.1) is 5.75 Å². The van der Waals surface area contributed by atoms with Crippen molar-refractivity contribution in [3.63, 3.8) is 0 Å². The molecule has 1 aromatic rings. The highest BCUT2D eigenvalue weighted by Gasteiger charge is 2.08. The van der Waals surface area contributed by atoms with Crippen LogP contribution in [0.25, 0.3) is 0 Å². The average Bonchev–Trinajstić information content (AvgIpc) is 2.28. The standard InChI is InChI=1S/C11H15FN2O2S2/c1-2-18(15,16)6-5-14-8-3-4-9(11(13)17)10(12)7-8/h3-4,7,14H,2,5-6H2,1H3,(H2,13,17). The van der Waals surface area contributed by atoms with Crippen LogP contribution >= 0.6 is 12.2 Å². The first kappa shape index (κ1) is 14.8. The van der Waals surface area contributed by atoms with Gasteiger partial charge >= 0.3 is 0 Å². The largest absolute Gasteiger partial charge is 0.389 e. The first-order valence-electron chi connectivity index (χ1n) is 5.39. The van der Waals surface area contributed by atoms with Crippen LogP contribution in [-0.2, 0) is 9.84 Å². The molecule has 0 aromatic heterocycles. The van der Waals surface area contributed by atoms with Crippen molar-refractivity contribution >= 4 is 32.7 Å². The van der Waals surface area contributed by atoms with E-state index in [2.05, 4.69) is 17.5 Å². The lowest BCUT2D eigenvalue weighted by molar-refractivity contribution is 0.597. The Labute approximate surface area is 111 Å². The number of hydrogen-bond donors (Lipinski definition) is 2. The lowest BCUT2D eigenvalue weighted by atomic mass is 10.2. The van der Waals surface area contributed by atoms with E-state index in [0.717, 1.165) is 0 Å². The maximum atomic E-state index is 13.5. The van der Waals surface area contributed by atoms with E-state index in [1.807, 2.05) is 0 Å². The second-order valence-corrected chi connectivity index (χ2v) is 6.63. The zero-order valence-corrected chi connectivity index (χ0v) is 11.6. The summed E-state index contributed by atoms with van der Waals surface area (Å²) < 4.78 is 36.0. The Bertz CT molecular complexity index is 544. The minimum Gasteiger partial charge on any atom is -0.389 e. The third-order valence-corrected chi connectivity index (χ3v) is 4.34. The molecule has 0 aliphatic rings. The molecule has 18 heavy (non-hydrogen) atoms. The normalized spacial score (nSPS) is 11.2. The van der Waals surface area contributed by atoms with Crippen molar-refractivity contribution in [3.8, 4) is 0 Å². The highest BCUT2D eigenvalue weighted by atomic mass is 32.2. The molecule has 4 nitrogen and oxygen atoms in total. The third-order valence-electron chi connectivity index (χ3n) is 2.42. The molecular weight excluding hydrogens is 275 g/mol. The first-order valence-corrected chi connectivity index (χ1v) is 7.62. The number of sulfone groups is 1. The zero-order chi connectivity index (χ0) is 13.8. The molecule has 0 bridgehead atoms. The molecule has 100 valence electrons. The zero-order valence-electron chi connectivity index (χ0n) is 9.94. The monoisotopic (exact) mass is 290 g/mol. The Morgan fingerprint density at radius 2 is 2.17 bits per heavy atom. The average molecular weight is 290 g/mol. The molecule has 7 heteroatoms. The van der Waals surface area contributed by atoms with E-state index >= 15 is 0 Å². The number of nitrogens with two attached hydrogens (primary N) is 1. The van der Waals surface area contributed by atoms with E-state index in [-0.39, 0.29) is 28.6 Å². The molecule has 0 atom stereocenters. The second-order valence-electron chi connectivity index (χ2n) is 3.72. The van der Waals surface area contributed by atoms with Crippen LogP contribution in [0.15, 0.2) is 18.2 Å². The first-order chi connectivity index (χ1) is 8.35. The third kappa shape index (κ3) is 4.23. The van der Waals surface area contributed by atoms with Crippen molar-refractivity contribution in [2.45, 2.75) is 6.92 Å². The summed E-state index contributed by atoms with van der Waals surface area (Å²) in [6.07, 6.45) is 0. The molecular formula is C11H15FN2O2S2. The predicted molar refractivity (Wildman–Crippen MR) is 75.1 cm³/mol. The van der Waals surface area contributed by atoms with Gasteiger partial charge in [-0.1, -0.05) is 19.1 Å². The van der Waals surface area contributed by atoms with E-state index in [9.17, 15) is 12.8 Å². The van der Waals surface area contributed by atoms with E-state index in [1.165, 1.54) is 12.1 Å². The number of nitrogens with one attached hydrogen (secondary N) is 1. The lowest BCUT2D eigenvalue weighted by Gasteiger charge is -2.08. The van der Waals surface area contributed by atoms with Crippen molar-refractivity contribution in [1.29, 1.82) is 0 Å². The molecule has 0 amide bonds. The Kier molecular flexibility index (Phi) is 5.03. The molecule has 0 saturated heterocycles. The van der Waals surface area contributed by atoms with Gasteiger partial charge in [0.25, 0.3) is 0 Å². The van der Waals surface area contributed by atoms with Crippen LogP contribution < -0.4 is 11.1 Å². The van der Waals surface area contributed by atoms with Gasteiger partial charge in [0, 0.05) is 23.5 Å². The summed E-state index contributed by atoms with van der Waals surface area (Å²) >= 11 is 4.68. The van der Waals surface area contributed by atoms with Crippen LogP contribution in [0.4, 0.5) is 10.1 Å². The van der Waals surface area contributed by atoms with Crippen molar-refractivity contribution in [1.82, 2.24) is 0 Å². The molecule has 1 rings (SSSR count). The van der Waals surface area contributed by atoms with Crippen molar-refractivity contribution in [2.24, 2.45) is 5.73 Å². The lowest BCUT2D eigenvalue weighted by Crippen LogP contribution is -2.17. The van der Waals surface area contributed by atoms with E-state index in [1.54, 1.807) is 13.0 Å². The van der Waals surface area contributed by atoms with Gasteiger partial charge in [0.2, 0.25) is 0 Å². The predicted octanol–water partition coefficient (Wildman–Crippen LogP) is 1.31. The summed E-state index contributed by atoms with van der Waals surface area (Å²) in [5, 5.41) is 2.84. The molecule has 0 aliphatic carbocycles. The van der Waals surface area contributed by atoms with Gasteiger partial charge in [-0.3, -0.25) is 0 Å². The van der Waals surface area contributed by atoms with Crippen LogP contribution in [0.2, 0.25) is 0 Å². The fourth-order valence-corrected chi connectivity index (χ4v) is 2.19. The summed E-state index contributed by atoms with van der Waals surface area (Å²) in [4.78, 5) is -0.00684. The molecule has 0 saturated carbocycles. The summed E-state index contributed by atoms with van der Waals surface area (Å²) in [5.41, 5.74) is 6.01. The Hall–Kier alpha value is -1.21. The second kappa shape index (κ2) is 6.10. The molecule has 3 N–H and O–H groups in total. The van der Waals surface area contributed by atoms with Crippen molar-refractivity contribution in [3.05, 3.63) is 29.6 Å². The van der Waals surface area contributed by atoms with Gasteiger partial charge < -0.3 is 11.1 Å². The van der Waals surface area contributed by atoms with Crippen LogP contribution in [0.5, 0.6) is 0 Å². The van der Waals surface area contributed by atoms with Gasteiger partial charge in [-0.2, -0.15) is 0 Å². The number of halogens is 1. The molecule has 0 heterocycles. The topological polar surface area (TPSA) is 72.2 Å². The van der Waals surface area contributed by atoms with Crippen molar-refractivity contribution < 1.29 is 12.8 Å². The van der Waals surface area contributed by atoms with Gasteiger partial charge in [0.1, 0.15) is 10.8 Å². The minimum atomic E-state index is -3.02. The maximum Gasteiger partial charge on any atom is 0.151 e. The van der Waals surface area contributed by atoms with Crippen LogP contribution in [-0.4, -0.2) is 31.5 Å². The molecule has 0 fully saturated rings. The van der Waals surface area contributed by atoms with Gasteiger partial charge in [0.15, 0.2) is 9.84 Å². The summed E-state index contributed by atoms with van der Waals surface area (Å²) in [6, 6.07) is 4.32. The summed E-state index contributed by atoms with van der Waals surface area (Å²) in [5.74, 6) is -0.406. The molecule has 0 unspecified atom stereocenters. The molecule has 0 radical (unpaired) electrons. The van der Waals surface area contributed by atoms with Gasteiger partial charge in [-0.15, -0.1) is 0 Å². The number of anilines is 1. The van der Waals surface area contributed by atoms with Crippen molar-refractivity contribution in [2.75, 3.05) is 23.4 Å². The maximum absolute atomic E-state index is 13.5. The molecule has 0 aliphatic heterocycles. The number of benzene rings is 1. The summed E-state index contributed by atoms with van der Waals surface area (Å²) in [6.45, 7) is 1.83. The number of rotatable bonds is 6. The Morgan fingerprint density at radius 1 is 1.50 bits per heavy atom. The van der Waals surface area contributed by atoms with E-state index in [4.69, 9.17) is 5.73 Å². The highest BCUT2D eigenvalue weighted by molar-refractivity contribution is 7.91. The fourth-order valence-electron chi connectivity index (χ4n) is 1.32. The van der Waals surface area contributed by atoms with E-state index in [0.29, 0.717) is 5.69 Å². The molecule has 1 aromatic carbocycles. The van der Waals surface area contributed by atoms with Crippen LogP contribution in [0.1, 0.15) is 12.5 Å². The van der Waals surface area contributed by atoms with Gasteiger partial charge in [-0.05, 0) is 18.2 Å².